The lowest BCUT2D eigenvalue weighted by Crippen LogP contribution is -2.38. The zero-order chi connectivity index (χ0) is 17.3. The maximum Gasteiger partial charge on any atom is 0.0695 e. The van der Waals surface area contributed by atoms with Gasteiger partial charge in [-0.1, -0.05) is 97.3 Å². The van der Waals surface area contributed by atoms with Gasteiger partial charge in [0, 0.05) is 6.04 Å². The number of nitrogens with zero attached hydrogens (tertiary/aromatic N) is 1. The standard InChI is InChI=1S/C21H45NO/c1-5-7-8-9-10-11-12-13-14-15-16-17-18-19-21(23)20(6-2)22(3)4/h20-21,23H,5-19H2,1-4H3/t20-,21-/m0/s1. The third-order valence-electron chi connectivity index (χ3n) is 5.13. The molecule has 2 nitrogen and oxygen atoms in total. The predicted octanol–water partition coefficient (Wildman–Crippen LogP) is 6.17. The first-order valence-electron chi connectivity index (χ1n) is 10.5. The zero-order valence-corrected chi connectivity index (χ0v) is 16.7. The highest BCUT2D eigenvalue weighted by molar-refractivity contribution is 4.73. The molecule has 2 atom stereocenters. The van der Waals surface area contributed by atoms with Crippen LogP contribution in [-0.2, 0) is 0 Å². The first-order chi connectivity index (χ1) is 11.1. The van der Waals surface area contributed by atoms with Crippen LogP contribution in [-0.4, -0.2) is 36.2 Å². The van der Waals surface area contributed by atoms with Crippen molar-refractivity contribution >= 4 is 0 Å². The molecule has 0 rings (SSSR count). The average molecular weight is 328 g/mol. The molecule has 0 saturated carbocycles. The number of aliphatic hydroxyl groups is 1. The van der Waals surface area contributed by atoms with Gasteiger partial charge in [0.15, 0.2) is 0 Å². The zero-order valence-electron chi connectivity index (χ0n) is 16.7. The maximum absolute atomic E-state index is 10.2. The molecular weight excluding hydrogens is 282 g/mol. The third kappa shape index (κ3) is 14.0. The first-order valence-corrected chi connectivity index (χ1v) is 10.5. The summed E-state index contributed by atoms with van der Waals surface area (Å²) in [6, 6.07) is 0.326. The Balaban J connectivity index is 3.27. The Morgan fingerprint density at radius 3 is 1.39 bits per heavy atom. The van der Waals surface area contributed by atoms with Crippen LogP contribution < -0.4 is 0 Å². The van der Waals surface area contributed by atoms with Gasteiger partial charge in [0.25, 0.3) is 0 Å². The molecule has 1 N–H and O–H groups in total. The Hall–Kier alpha value is -0.0800. The Morgan fingerprint density at radius 2 is 1.04 bits per heavy atom. The molecule has 0 saturated heterocycles. The second-order valence-corrected chi connectivity index (χ2v) is 7.54. The molecule has 140 valence electrons. The Labute approximate surface area is 147 Å². The highest BCUT2D eigenvalue weighted by atomic mass is 16.3. The van der Waals surface area contributed by atoms with Crippen molar-refractivity contribution in [1.82, 2.24) is 4.90 Å². The van der Waals surface area contributed by atoms with E-state index in [0.717, 1.165) is 12.8 Å². The Morgan fingerprint density at radius 1 is 0.652 bits per heavy atom. The van der Waals surface area contributed by atoms with Crippen molar-refractivity contribution in [3.8, 4) is 0 Å². The molecule has 0 aliphatic rings. The van der Waals surface area contributed by atoms with E-state index in [4.69, 9.17) is 0 Å². The third-order valence-corrected chi connectivity index (χ3v) is 5.13. The number of hydrogen-bond acceptors (Lipinski definition) is 2. The molecule has 0 aromatic rings. The van der Waals surface area contributed by atoms with E-state index < -0.39 is 0 Å². The second-order valence-electron chi connectivity index (χ2n) is 7.54. The second kappa shape index (κ2) is 16.8. The average Bonchev–Trinajstić information content (AvgIpc) is 2.52. The van der Waals surface area contributed by atoms with Crippen molar-refractivity contribution in [2.24, 2.45) is 0 Å². The summed E-state index contributed by atoms with van der Waals surface area (Å²) in [5.74, 6) is 0. The molecule has 0 spiro atoms. The van der Waals surface area contributed by atoms with E-state index in [1.54, 1.807) is 0 Å². The van der Waals surface area contributed by atoms with Crippen LogP contribution >= 0.6 is 0 Å². The van der Waals surface area contributed by atoms with Crippen molar-refractivity contribution in [3.05, 3.63) is 0 Å². The van der Waals surface area contributed by atoms with Gasteiger partial charge in [-0.2, -0.15) is 0 Å². The van der Waals surface area contributed by atoms with Gasteiger partial charge in [-0.25, -0.2) is 0 Å². The van der Waals surface area contributed by atoms with Gasteiger partial charge in [0.2, 0.25) is 0 Å². The van der Waals surface area contributed by atoms with E-state index in [1.807, 2.05) is 0 Å². The van der Waals surface area contributed by atoms with Gasteiger partial charge in [-0.15, -0.1) is 0 Å². The Bertz CT molecular complexity index is 230. The van der Waals surface area contributed by atoms with Crippen LogP contribution in [0.25, 0.3) is 0 Å². The van der Waals surface area contributed by atoms with Crippen molar-refractivity contribution in [2.45, 2.75) is 122 Å². The summed E-state index contributed by atoms with van der Waals surface area (Å²) >= 11 is 0. The summed E-state index contributed by atoms with van der Waals surface area (Å²) in [4.78, 5) is 2.16. The highest BCUT2D eigenvalue weighted by Crippen LogP contribution is 2.15. The largest absolute Gasteiger partial charge is 0.391 e. The number of unbranched alkanes of at least 4 members (excludes halogenated alkanes) is 12. The van der Waals surface area contributed by atoms with E-state index in [2.05, 4.69) is 32.8 Å². The van der Waals surface area contributed by atoms with E-state index in [9.17, 15) is 5.11 Å². The van der Waals surface area contributed by atoms with Crippen molar-refractivity contribution in [1.29, 1.82) is 0 Å². The lowest BCUT2D eigenvalue weighted by molar-refractivity contribution is 0.0649. The molecule has 0 bridgehead atoms. The Kier molecular flexibility index (Phi) is 16.7. The normalized spacial score (nSPS) is 14.3. The van der Waals surface area contributed by atoms with Crippen LogP contribution in [0.3, 0.4) is 0 Å². The molecule has 0 amide bonds. The number of rotatable bonds is 17. The molecule has 2 heteroatoms. The van der Waals surface area contributed by atoms with Crippen LogP contribution in [0.1, 0.15) is 110 Å². The van der Waals surface area contributed by atoms with Gasteiger partial charge >= 0.3 is 0 Å². The summed E-state index contributed by atoms with van der Waals surface area (Å²) in [7, 11) is 4.14. The summed E-state index contributed by atoms with van der Waals surface area (Å²) in [6.07, 6.45) is 19.9. The van der Waals surface area contributed by atoms with Crippen LogP contribution in [0, 0.1) is 0 Å². The minimum Gasteiger partial charge on any atom is -0.391 e. The number of aliphatic hydroxyl groups excluding tert-OH is 1. The SMILES string of the molecule is CCCCCCCCCCCCCCC[C@H](O)[C@H](CC)N(C)C. The molecule has 0 unspecified atom stereocenters. The molecule has 0 heterocycles. The van der Waals surface area contributed by atoms with E-state index in [0.29, 0.717) is 6.04 Å². The van der Waals surface area contributed by atoms with Crippen molar-refractivity contribution in [3.63, 3.8) is 0 Å². The van der Waals surface area contributed by atoms with Crippen LogP contribution in [0.2, 0.25) is 0 Å². The quantitative estimate of drug-likeness (QED) is 0.323. The minimum atomic E-state index is -0.150. The summed E-state index contributed by atoms with van der Waals surface area (Å²) in [5.41, 5.74) is 0. The van der Waals surface area contributed by atoms with Crippen LogP contribution in [0.4, 0.5) is 0 Å². The molecule has 0 aliphatic carbocycles. The number of likely N-dealkylation sites (N-methyl/N-ethyl adjacent to an activating group) is 1. The van der Waals surface area contributed by atoms with Gasteiger partial charge in [0.1, 0.15) is 0 Å². The summed E-state index contributed by atoms with van der Waals surface area (Å²) < 4.78 is 0. The summed E-state index contributed by atoms with van der Waals surface area (Å²) in [6.45, 7) is 4.45. The van der Waals surface area contributed by atoms with Gasteiger partial charge in [-0.05, 0) is 26.9 Å². The van der Waals surface area contributed by atoms with Crippen LogP contribution in [0.5, 0.6) is 0 Å². The molecular formula is C21H45NO. The van der Waals surface area contributed by atoms with E-state index in [1.165, 1.54) is 83.5 Å². The van der Waals surface area contributed by atoms with Gasteiger partial charge in [0.05, 0.1) is 6.10 Å². The topological polar surface area (TPSA) is 23.5 Å². The molecule has 0 aliphatic heterocycles. The number of hydrogen-bond donors (Lipinski definition) is 1. The first kappa shape index (κ1) is 22.9. The minimum absolute atomic E-state index is 0.150. The molecule has 0 aromatic carbocycles. The lowest BCUT2D eigenvalue weighted by atomic mass is 10.00. The lowest BCUT2D eigenvalue weighted by Gasteiger charge is -2.28. The smallest absolute Gasteiger partial charge is 0.0695 e. The fourth-order valence-electron chi connectivity index (χ4n) is 3.55. The fourth-order valence-corrected chi connectivity index (χ4v) is 3.55. The van der Waals surface area contributed by atoms with Crippen molar-refractivity contribution in [2.75, 3.05) is 14.1 Å². The molecule has 0 aromatic heterocycles. The predicted molar refractivity (Wildman–Crippen MR) is 104 cm³/mol. The molecule has 0 radical (unpaired) electrons. The summed E-state index contributed by atoms with van der Waals surface area (Å²) in [5, 5.41) is 10.2. The monoisotopic (exact) mass is 327 g/mol. The van der Waals surface area contributed by atoms with E-state index in [-0.39, 0.29) is 6.10 Å². The van der Waals surface area contributed by atoms with Crippen molar-refractivity contribution < 1.29 is 5.11 Å². The molecule has 0 fully saturated rings. The van der Waals surface area contributed by atoms with Crippen LogP contribution in [0.15, 0.2) is 0 Å². The van der Waals surface area contributed by atoms with Gasteiger partial charge in [-0.3, -0.25) is 0 Å². The maximum atomic E-state index is 10.2. The fraction of sp³-hybridized carbons (Fsp3) is 1.00. The highest BCUT2D eigenvalue weighted by Gasteiger charge is 2.18. The van der Waals surface area contributed by atoms with E-state index >= 15 is 0 Å². The molecule has 23 heavy (non-hydrogen) atoms. The van der Waals surface area contributed by atoms with Gasteiger partial charge < -0.3 is 10.0 Å².